The summed E-state index contributed by atoms with van der Waals surface area (Å²) in [5.74, 6) is 0. The van der Waals surface area contributed by atoms with Crippen LogP contribution in [0.2, 0.25) is 5.15 Å². The van der Waals surface area contributed by atoms with Gasteiger partial charge in [-0.15, -0.1) is 0 Å². The second-order valence-electron chi connectivity index (χ2n) is 4.34. The smallest absolute Gasteiger partial charge is 0.318 e. The highest BCUT2D eigenvalue weighted by atomic mass is 35.5. The Morgan fingerprint density at radius 3 is 2.32 bits per heavy atom. The summed E-state index contributed by atoms with van der Waals surface area (Å²) in [5, 5.41) is 4.74. The first-order valence-corrected chi connectivity index (χ1v) is 7.98. The lowest BCUT2D eigenvalue weighted by Crippen LogP contribution is -2.24. The van der Waals surface area contributed by atoms with Gasteiger partial charge in [0.25, 0.3) is 10.0 Å². The van der Waals surface area contributed by atoms with Gasteiger partial charge in [0.2, 0.25) is 5.03 Å². The fourth-order valence-electron chi connectivity index (χ4n) is 1.59. The molecule has 2 aromatic rings. The molecule has 2 amide bonds. The Morgan fingerprint density at radius 1 is 1.23 bits per heavy atom. The van der Waals surface area contributed by atoms with Crippen LogP contribution in [0.5, 0.6) is 0 Å². The lowest BCUT2D eigenvalue weighted by Gasteiger charge is -2.08. The molecule has 0 spiro atoms. The van der Waals surface area contributed by atoms with Crippen molar-refractivity contribution in [3.63, 3.8) is 0 Å². The van der Waals surface area contributed by atoms with Gasteiger partial charge in [-0.05, 0) is 24.3 Å². The van der Waals surface area contributed by atoms with Gasteiger partial charge in [0.15, 0.2) is 0 Å². The third-order valence-electron chi connectivity index (χ3n) is 2.71. The number of urea groups is 1. The van der Waals surface area contributed by atoms with E-state index in [9.17, 15) is 13.2 Å². The monoisotopic (exact) mass is 343 g/mol. The van der Waals surface area contributed by atoms with E-state index in [4.69, 9.17) is 11.6 Å². The van der Waals surface area contributed by atoms with Gasteiger partial charge in [-0.2, -0.15) is 8.42 Å². The van der Waals surface area contributed by atoms with Crippen molar-refractivity contribution >= 4 is 39.0 Å². The molecular weight excluding hydrogens is 330 g/mol. The number of carbonyl (C=O) groups excluding carboxylic acids is 1. The summed E-state index contributed by atoms with van der Waals surface area (Å²) < 4.78 is 28.1. The van der Waals surface area contributed by atoms with Crippen LogP contribution in [-0.4, -0.2) is 31.0 Å². The molecule has 22 heavy (non-hydrogen) atoms. The van der Waals surface area contributed by atoms with Crippen LogP contribution in [0.15, 0.2) is 35.6 Å². The zero-order valence-electron chi connectivity index (χ0n) is 11.8. The summed E-state index contributed by atoms with van der Waals surface area (Å²) in [5.41, 5.74) is 0.849. The zero-order chi connectivity index (χ0) is 16.3. The normalized spacial score (nSPS) is 11.0. The second kappa shape index (κ2) is 6.24. The van der Waals surface area contributed by atoms with Gasteiger partial charge in [-0.3, -0.25) is 4.72 Å². The number of hydrogen-bond donors (Lipinski definition) is 3. The largest absolute Gasteiger partial charge is 0.341 e. The third-order valence-corrected chi connectivity index (χ3v) is 4.58. The van der Waals surface area contributed by atoms with Crippen LogP contribution >= 0.6 is 11.6 Å². The molecule has 0 aliphatic carbocycles. The summed E-state index contributed by atoms with van der Waals surface area (Å²) >= 11 is 5.88. The van der Waals surface area contributed by atoms with Crippen molar-refractivity contribution in [2.45, 2.75) is 5.03 Å². The van der Waals surface area contributed by atoms with Gasteiger partial charge in [0, 0.05) is 25.5 Å². The molecule has 0 atom stereocenters. The van der Waals surface area contributed by atoms with E-state index < -0.39 is 10.0 Å². The summed E-state index contributed by atoms with van der Waals surface area (Å²) in [6.07, 6.45) is 1.31. The molecule has 1 heterocycles. The topological polar surface area (TPSA) is 105 Å². The number of nitrogens with one attached hydrogen (secondary N) is 3. The SMILES string of the molecule is CNC(=O)Nc1ccc(NS(=O)(=O)c2ncn(C)c2Cl)cc1. The van der Waals surface area contributed by atoms with Gasteiger partial charge in [0.1, 0.15) is 5.15 Å². The Bertz CT molecular complexity index is 786. The average Bonchev–Trinajstić information content (AvgIpc) is 2.81. The number of imidazole rings is 1. The van der Waals surface area contributed by atoms with Crippen molar-refractivity contribution in [3.8, 4) is 0 Å². The summed E-state index contributed by atoms with van der Waals surface area (Å²) in [7, 11) is -0.792. The number of amides is 2. The van der Waals surface area contributed by atoms with E-state index >= 15 is 0 Å². The first-order valence-electron chi connectivity index (χ1n) is 6.12. The van der Waals surface area contributed by atoms with Crippen LogP contribution in [0.3, 0.4) is 0 Å². The number of carbonyl (C=O) groups is 1. The summed E-state index contributed by atoms with van der Waals surface area (Å²) in [4.78, 5) is 14.9. The number of benzene rings is 1. The highest BCUT2D eigenvalue weighted by molar-refractivity contribution is 7.92. The first kappa shape index (κ1) is 16.1. The zero-order valence-corrected chi connectivity index (χ0v) is 13.4. The Morgan fingerprint density at radius 2 is 1.82 bits per heavy atom. The van der Waals surface area contributed by atoms with E-state index in [2.05, 4.69) is 20.3 Å². The maximum absolute atomic E-state index is 12.2. The van der Waals surface area contributed by atoms with Gasteiger partial charge < -0.3 is 15.2 Å². The van der Waals surface area contributed by atoms with E-state index in [1.54, 1.807) is 19.2 Å². The van der Waals surface area contributed by atoms with Gasteiger partial charge >= 0.3 is 6.03 Å². The lowest BCUT2D eigenvalue weighted by atomic mass is 10.3. The van der Waals surface area contributed by atoms with Crippen molar-refractivity contribution in [1.29, 1.82) is 0 Å². The minimum atomic E-state index is -3.88. The van der Waals surface area contributed by atoms with Gasteiger partial charge in [0.05, 0.1) is 6.33 Å². The predicted octanol–water partition coefficient (Wildman–Crippen LogP) is 1.63. The van der Waals surface area contributed by atoms with Crippen LogP contribution in [0, 0.1) is 0 Å². The molecule has 2 rings (SSSR count). The minimum Gasteiger partial charge on any atom is -0.341 e. The molecule has 0 bridgehead atoms. The Hall–Kier alpha value is -2.26. The van der Waals surface area contributed by atoms with Crippen LogP contribution in [0.1, 0.15) is 0 Å². The number of aryl methyl sites for hydroxylation is 1. The highest BCUT2D eigenvalue weighted by Gasteiger charge is 2.22. The molecule has 0 fully saturated rings. The molecule has 118 valence electrons. The number of anilines is 2. The molecule has 1 aromatic carbocycles. The van der Waals surface area contributed by atoms with Gasteiger partial charge in [-0.25, -0.2) is 9.78 Å². The van der Waals surface area contributed by atoms with Crippen molar-refractivity contribution < 1.29 is 13.2 Å². The number of hydrogen-bond acceptors (Lipinski definition) is 4. The number of rotatable bonds is 4. The van der Waals surface area contributed by atoms with E-state index in [1.165, 1.54) is 30.1 Å². The Labute approximate surface area is 132 Å². The summed E-state index contributed by atoms with van der Waals surface area (Å²) in [6.45, 7) is 0. The standard InChI is InChI=1S/C12H14ClN5O3S/c1-14-12(19)16-8-3-5-9(6-4-8)17-22(20,21)11-10(13)18(2)7-15-11/h3-7,17H,1-2H3,(H2,14,16,19). The molecule has 0 aliphatic rings. The van der Waals surface area contributed by atoms with E-state index in [0.717, 1.165) is 0 Å². The highest BCUT2D eigenvalue weighted by Crippen LogP contribution is 2.22. The van der Waals surface area contributed by atoms with Crippen molar-refractivity contribution in [2.75, 3.05) is 17.1 Å². The number of halogens is 1. The fourth-order valence-corrected chi connectivity index (χ4v) is 3.08. The van der Waals surface area contributed by atoms with Crippen LogP contribution in [0.25, 0.3) is 0 Å². The molecule has 8 nitrogen and oxygen atoms in total. The van der Waals surface area contributed by atoms with Crippen LogP contribution in [-0.2, 0) is 17.1 Å². The molecule has 1 aromatic heterocycles. The number of aromatic nitrogens is 2. The van der Waals surface area contributed by atoms with Gasteiger partial charge in [-0.1, -0.05) is 11.6 Å². The number of nitrogens with zero attached hydrogens (tertiary/aromatic N) is 2. The van der Waals surface area contributed by atoms with Crippen LogP contribution < -0.4 is 15.4 Å². The Balaban J connectivity index is 2.16. The third kappa shape index (κ3) is 3.49. The van der Waals surface area contributed by atoms with Crippen molar-refractivity contribution in [3.05, 3.63) is 35.7 Å². The predicted molar refractivity (Wildman–Crippen MR) is 83.5 cm³/mol. The van der Waals surface area contributed by atoms with E-state index in [1.807, 2.05) is 0 Å². The molecular formula is C12H14ClN5O3S. The lowest BCUT2D eigenvalue weighted by molar-refractivity contribution is 0.254. The average molecular weight is 344 g/mol. The first-order chi connectivity index (χ1) is 10.3. The molecule has 0 aliphatic heterocycles. The van der Waals surface area contributed by atoms with E-state index in [-0.39, 0.29) is 16.2 Å². The fraction of sp³-hybridized carbons (Fsp3) is 0.167. The molecule has 10 heteroatoms. The molecule has 0 unspecified atom stereocenters. The summed E-state index contributed by atoms with van der Waals surface area (Å²) in [6, 6.07) is 5.79. The second-order valence-corrected chi connectivity index (χ2v) is 6.29. The Kier molecular flexibility index (Phi) is 4.57. The quantitative estimate of drug-likeness (QED) is 0.784. The van der Waals surface area contributed by atoms with Crippen LogP contribution in [0.4, 0.5) is 16.2 Å². The molecule has 0 saturated carbocycles. The maximum Gasteiger partial charge on any atom is 0.318 e. The molecule has 0 saturated heterocycles. The molecule has 3 N–H and O–H groups in total. The van der Waals surface area contributed by atoms with Crippen molar-refractivity contribution in [1.82, 2.24) is 14.9 Å². The van der Waals surface area contributed by atoms with Crippen molar-refractivity contribution in [2.24, 2.45) is 7.05 Å². The van der Waals surface area contributed by atoms with E-state index in [0.29, 0.717) is 11.4 Å². The molecule has 0 radical (unpaired) electrons. The minimum absolute atomic E-state index is 0.0189. The number of sulfonamides is 1. The maximum atomic E-state index is 12.2.